The smallest absolute Gasteiger partial charge is 0.135 e. The van der Waals surface area contributed by atoms with Crippen LogP contribution in [-0.2, 0) is 4.79 Å². The SMILES string of the molecule is CC1CCCC(C(=O)CCC2CCCCC2)C1. The molecule has 0 aliphatic heterocycles. The van der Waals surface area contributed by atoms with Crippen molar-refractivity contribution in [1.82, 2.24) is 0 Å². The molecule has 2 fully saturated rings. The Labute approximate surface area is 106 Å². The predicted octanol–water partition coefficient (Wildman–Crippen LogP) is 4.74. The third kappa shape index (κ3) is 4.12. The molecule has 2 atom stereocenters. The van der Waals surface area contributed by atoms with Crippen molar-refractivity contribution in [3.63, 3.8) is 0 Å². The quantitative estimate of drug-likeness (QED) is 0.689. The van der Waals surface area contributed by atoms with Crippen LogP contribution in [0.3, 0.4) is 0 Å². The molecular formula is C16H28O. The lowest BCUT2D eigenvalue weighted by Crippen LogP contribution is -2.22. The number of Topliss-reactive ketones (excluding diaryl/α,β-unsaturated/α-hetero) is 1. The van der Waals surface area contributed by atoms with Gasteiger partial charge in [-0.3, -0.25) is 4.79 Å². The van der Waals surface area contributed by atoms with Crippen LogP contribution < -0.4 is 0 Å². The second-order valence-corrected chi connectivity index (χ2v) is 6.48. The van der Waals surface area contributed by atoms with E-state index in [1.807, 2.05) is 0 Å². The van der Waals surface area contributed by atoms with Crippen LogP contribution in [0.1, 0.15) is 77.6 Å². The highest BCUT2D eigenvalue weighted by molar-refractivity contribution is 5.81. The molecule has 0 aromatic rings. The van der Waals surface area contributed by atoms with Gasteiger partial charge in [0.1, 0.15) is 5.78 Å². The normalized spacial score (nSPS) is 31.4. The Morgan fingerprint density at radius 1 is 1.00 bits per heavy atom. The fourth-order valence-corrected chi connectivity index (χ4v) is 3.75. The van der Waals surface area contributed by atoms with Crippen LogP contribution in [0.5, 0.6) is 0 Å². The Hall–Kier alpha value is -0.330. The van der Waals surface area contributed by atoms with E-state index < -0.39 is 0 Å². The zero-order valence-electron chi connectivity index (χ0n) is 11.4. The summed E-state index contributed by atoms with van der Waals surface area (Å²) in [5.41, 5.74) is 0. The van der Waals surface area contributed by atoms with Crippen molar-refractivity contribution in [3.05, 3.63) is 0 Å². The summed E-state index contributed by atoms with van der Waals surface area (Å²) in [4.78, 5) is 12.2. The predicted molar refractivity (Wildman–Crippen MR) is 71.9 cm³/mol. The Kier molecular flexibility index (Phi) is 5.06. The molecule has 0 amide bonds. The first-order valence-corrected chi connectivity index (χ1v) is 7.78. The molecular weight excluding hydrogens is 208 g/mol. The van der Waals surface area contributed by atoms with Gasteiger partial charge in [-0.2, -0.15) is 0 Å². The summed E-state index contributed by atoms with van der Waals surface area (Å²) in [6.45, 7) is 2.31. The molecule has 98 valence electrons. The Morgan fingerprint density at radius 2 is 1.76 bits per heavy atom. The van der Waals surface area contributed by atoms with Crippen molar-refractivity contribution in [2.75, 3.05) is 0 Å². The molecule has 0 aromatic carbocycles. The van der Waals surface area contributed by atoms with Gasteiger partial charge in [-0.25, -0.2) is 0 Å². The molecule has 0 saturated heterocycles. The van der Waals surface area contributed by atoms with E-state index in [9.17, 15) is 4.79 Å². The zero-order chi connectivity index (χ0) is 12.1. The van der Waals surface area contributed by atoms with E-state index in [1.165, 1.54) is 64.2 Å². The van der Waals surface area contributed by atoms with Gasteiger partial charge in [0.25, 0.3) is 0 Å². The number of carbonyl (C=O) groups excluding carboxylic acids is 1. The maximum absolute atomic E-state index is 12.2. The minimum atomic E-state index is 0.419. The van der Waals surface area contributed by atoms with Crippen LogP contribution in [0, 0.1) is 17.8 Å². The molecule has 2 aliphatic carbocycles. The van der Waals surface area contributed by atoms with E-state index in [2.05, 4.69) is 6.92 Å². The second kappa shape index (κ2) is 6.56. The van der Waals surface area contributed by atoms with Crippen LogP contribution in [-0.4, -0.2) is 5.78 Å². The minimum Gasteiger partial charge on any atom is -0.299 e. The summed E-state index contributed by atoms with van der Waals surface area (Å²) in [6.07, 6.45) is 14.0. The van der Waals surface area contributed by atoms with Crippen LogP contribution in [0.4, 0.5) is 0 Å². The van der Waals surface area contributed by atoms with Gasteiger partial charge in [0.15, 0.2) is 0 Å². The summed E-state index contributed by atoms with van der Waals surface area (Å²) in [5, 5.41) is 0. The van der Waals surface area contributed by atoms with E-state index in [0.717, 1.165) is 18.3 Å². The third-order valence-corrected chi connectivity index (χ3v) is 4.92. The molecule has 0 heterocycles. The first-order valence-electron chi connectivity index (χ1n) is 7.78. The van der Waals surface area contributed by atoms with Gasteiger partial charge >= 0.3 is 0 Å². The highest BCUT2D eigenvalue weighted by Crippen LogP contribution is 2.32. The molecule has 2 aliphatic rings. The summed E-state index contributed by atoms with van der Waals surface area (Å²) in [5.74, 6) is 2.66. The fraction of sp³-hybridized carbons (Fsp3) is 0.938. The summed E-state index contributed by atoms with van der Waals surface area (Å²) in [6, 6.07) is 0. The summed E-state index contributed by atoms with van der Waals surface area (Å²) < 4.78 is 0. The molecule has 1 heteroatoms. The van der Waals surface area contributed by atoms with E-state index in [4.69, 9.17) is 0 Å². The maximum Gasteiger partial charge on any atom is 0.135 e. The summed E-state index contributed by atoms with van der Waals surface area (Å²) >= 11 is 0. The van der Waals surface area contributed by atoms with Gasteiger partial charge in [0.05, 0.1) is 0 Å². The molecule has 0 bridgehead atoms. The van der Waals surface area contributed by atoms with Crippen molar-refractivity contribution < 1.29 is 4.79 Å². The molecule has 1 nitrogen and oxygen atoms in total. The van der Waals surface area contributed by atoms with Gasteiger partial charge in [0, 0.05) is 12.3 Å². The highest BCUT2D eigenvalue weighted by Gasteiger charge is 2.25. The fourth-order valence-electron chi connectivity index (χ4n) is 3.75. The van der Waals surface area contributed by atoms with Crippen LogP contribution in [0.15, 0.2) is 0 Å². The zero-order valence-corrected chi connectivity index (χ0v) is 11.4. The van der Waals surface area contributed by atoms with E-state index in [1.54, 1.807) is 0 Å². The first-order chi connectivity index (χ1) is 8.25. The van der Waals surface area contributed by atoms with E-state index in [0.29, 0.717) is 11.7 Å². The van der Waals surface area contributed by atoms with Crippen LogP contribution in [0.2, 0.25) is 0 Å². The van der Waals surface area contributed by atoms with E-state index in [-0.39, 0.29) is 0 Å². The lowest BCUT2D eigenvalue weighted by molar-refractivity contribution is -0.124. The average Bonchev–Trinajstić information content (AvgIpc) is 2.37. The topological polar surface area (TPSA) is 17.1 Å². The van der Waals surface area contributed by atoms with E-state index >= 15 is 0 Å². The standard InChI is InChI=1S/C16H28O/c1-13-6-5-9-15(12-13)16(17)11-10-14-7-3-2-4-8-14/h13-15H,2-12H2,1H3. The molecule has 2 unspecified atom stereocenters. The van der Waals surface area contributed by atoms with Gasteiger partial charge in [-0.1, -0.05) is 51.9 Å². The molecule has 0 radical (unpaired) electrons. The minimum absolute atomic E-state index is 0.419. The highest BCUT2D eigenvalue weighted by atomic mass is 16.1. The average molecular weight is 236 g/mol. The number of ketones is 1. The number of carbonyl (C=O) groups is 1. The molecule has 0 spiro atoms. The Balaban J connectivity index is 1.69. The number of hydrogen-bond donors (Lipinski definition) is 0. The van der Waals surface area contributed by atoms with Gasteiger partial charge in [-0.15, -0.1) is 0 Å². The second-order valence-electron chi connectivity index (χ2n) is 6.48. The van der Waals surface area contributed by atoms with Gasteiger partial charge in [-0.05, 0) is 31.1 Å². The van der Waals surface area contributed by atoms with Crippen molar-refractivity contribution in [2.24, 2.45) is 17.8 Å². The summed E-state index contributed by atoms with van der Waals surface area (Å²) in [7, 11) is 0. The maximum atomic E-state index is 12.2. The van der Waals surface area contributed by atoms with Gasteiger partial charge < -0.3 is 0 Å². The van der Waals surface area contributed by atoms with Crippen LogP contribution in [0.25, 0.3) is 0 Å². The van der Waals surface area contributed by atoms with Gasteiger partial charge in [0.2, 0.25) is 0 Å². The largest absolute Gasteiger partial charge is 0.299 e. The molecule has 2 saturated carbocycles. The molecule has 17 heavy (non-hydrogen) atoms. The van der Waals surface area contributed by atoms with Crippen molar-refractivity contribution in [3.8, 4) is 0 Å². The van der Waals surface area contributed by atoms with Crippen molar-refractivity contribution in [2.45, 2.75) is 77.6 Å². The molecule has 2 rings (SSSR count). The third-order valence-electron chi connectivity index (χ3n) is 4.92. The van der Waals surface area contributed by atoms with Crippen LogP contribution >= 0.6 is 0 Å². The monoisotopic (exact) mass is 236 g/mol. The van der Waals surface area contributed by atoms with Crippen molar-refractivity contribution in [1.29, 1.82) is 0 Å². The molecule has 0 N–H and O–H groups in total. The van der Waals surface area contributed by atoms with Crippen molar-refractivity contribution >= 4 is 5.78 Å². The number of hydrogen-bond acceptors (Lipinski definition) is 1. The number of rotatable bonds is 4. The lowest BCUT2D eigenvalue weighted by Gasteiger charge is -2.27. The Morgan fingerprint density at radius 3 is 2.47 bits per heavy atom. The lowest BCUT2D eigenvalue weighted by atomic mass is 9.78. The first kappa shape index (κ1) is 13.1. The Bertz CT molecular complexity index is 240. The molecule has 0 aromatic heterocycles.